The molecular weight excluding hydrogens is 284 g/mol. The highest BCUT2D eigenvalue weighted by Crippen LogP contribution is 2.14. The van der Waals surface area contributed by atoms with Crippen molar-refractivity contribution in [2.45, 2.75) is 47.1 Å². The first kappa shape index (κ1) is 18.0. The van der Waals surface area contributed by atoms with E-state index in [1.54, 1.807) is 0 Å². The van der Waals surface area contributed by atoms with Crippen LogP contribution in [0, 0.1) is 19.8 Å². The molecule has 1 aromatic heterocycles. The van der Waals surface area contributed by atoms with Crippen molar-refractivity contribution >= 4 is 11.9 Å². The van der Waals surface area contributed by atoms with E-state index < -0.39 is 0 Å². The molecule has 1 heterocycles. The minimum atomic E-state index is -0.362. The number of aromatic nitrogens is 1. The quantitative estimate of drug-likeness (QED) is 0.707. The van der Waals surface area contributed by atoms with Crippen LogP contribution in [0.2, 0.25) is 0 Å². The molecule has 22 heavy (non-hydrogen) atoms. The molecule has 3 amide bonds. The van der Waals surface area contributed by atoms with Gasteiger partial charge in [0.15, 0.2) is 0 Å². The Hall–Kier alpha value is -2.05. The van der Waals surface area contributed by atoms with Gasteiger partial charge in [0.2, 0.25) is 5.91 Å². The summed E-state index contributed by atoms with van der Waals surface area (Å²) < 4.78 is 5.10. The first-order valence-corrected chi connectivity index (χ1v) is 7.52. The lowest BCUT2D eigenvalue weighted by atomic mass is 10.1. The number of amides is 3. The van der Waals surface area contributed by atoms with E-state index in [2.05, 4.69) is 21.1 Å². The van der Waals surface area contributed by atoms with Gasteiger partial charge in [-0.2, -0.15) is 0 Å². The van der Waals surface area contributed by atoms with Crippen LogP contribution in [0.3, 0.4) is 0 Å². The smallest absolute Gasteiger partial charge is 0.315 e. The summed E-state index contributed by atoms with van der Waals surface area (Å²) in [5, 5.41) is 12.0. The van der Waals surface area contributed by atoms with Gasteiger partial charge in [0.1, 0.15) is 5.76 Å². The lowest BCUT2D eigenvalue weighted by Gasteiger charge is -2.14. The predicted molar refractivity (Wildman–Crippen MR) is 83.5 cm³/mol. The molecule has 1 unspecified atom stereocenters. The summed E-state index contributed by atoms with van der Waals surface area (Å²) in [6, 6.07) is -0.450. The maximum absolute atomic E-state index is 11.8. The number of hydrogen-bond donors (Lipinski definition) is 3. The third-order valence-electron chi connectivity index (χ3n) is 3.19. The first-order valence-electron chi connectivity index (χ1n) is 7.52. The summed E-state index contributed by atoms with van der Waals surface area (Å²) in [6.07, 6.45) is 0.633. The number of hydrogen-bond acceptors (Lipinski definition) is 4. The standard InChI is InChI=1S/C15H26N4O3/c1-9(2)7-16-14(20)8-17-15(21)18-10(3)6-13-11(4)19-22-12(13)5/h9-10H,6-8H2,1-5H3,(H,16,20)(H2,17,18,21). The maximum Gasteiger partial charge on any atom is 0.315 e. The second-order valence-corrected chi connectivity index (χ2v) is 5.93. The molecule has 0 aromatic carbocycles. The van der Waals surface area contributed by atoms with Crippen molar-refractivity contribution in [1.29, 1.82) is 0 Å². The number of carbonyl (C=O) groups is 2. The van der Waals surface area contributed by atoms with Crippen LogP contribution in [0.25, 0.3) is 0 Å². The van der Waals surface area contributed by atoms with E-state index in [9.17, 15) is 9.59 Å². The predicted octanol–water partition coefficient (Wildman–Crippen LogP) is 1.29. The number of rotatable bonds is 7. The van der Waals surface area contributed by atoms with Crippen LogP contribution in [-0.2, 0) is 11.2 Å². The molecule has 0 spiro atoms. The molecule has 0 aliphatic carbocycles. The molecule has 1 rings (SSSR count). The van der Waals surface area contributed by atoms with Crippen molar-refractivity contribution in [3.05, 3.63) is 17.0 Å². The Morgan fingerprint density at radius 3 is 2.41 bits per heavy atom. The Morgan fingerprint density at radius 1 is 1.18 bits per heavy atom. The normalized spacial score (nSPS) is 12.1. The summed E-state index contributed by atoms with van der Waals surface area (Å²) in [6.45, 7) is 10.2. The van der Waals surface area contributed by atoms with E-state index >= 15 is 0 Å². The largest absolute Gasteiger partial charge is 0.361 e. The van der Waals surface area contributed by atoms with Gasteiger partial charge in [-0.15, -0.1) is 0 Å². The number of urea groups is 1. The van der Waals surface area contributed by atoms with Crippen LogP contribution in [0.4, 0.5) is 4.79 Å². The van der Waals surface area contributed by atoms with Crippen LogP contribution in [0.1, 0.15) is 37.8 Å². The fraction of sp³-hybridized carbons (Fsp3) is 0.667. The Bertz CT molecular complexity index is 491. The summed E-state index contributed by atoms with van der Waals surface area (Å²) in [4.78, 5) is 23.3. The molecule has 0 aliphatic heterocycles. The molecule has 7 nitrogen and oxygen atoms in total. The third kappa shape index (κ3) is 6.15. The highest BCUT2D eigenvalue weighted by Gasteiger charge is 2.15. The van der Waals surface area contributed by atoms with Crippen LogP contribution in [0.15, 0.2) is 4.52 Å². The van der Waals surface area contributed by atoms with Crippen molar-refractivity contribution in [2.24, 2.45) is 5.92 Å². The molecule has 0 fully saturated rings. The monoisotopic (exact) mass is 310 g/mol. The number of nitrogens with one attached hydrogen (secondary N) is 3. The molecule has 0 saturated heterocycles. The number of nitrogens with zero attached hydrogens (tertiary/aromatic N) is 1. The molecule has 1 atom stereocenters. The SMILES string of the molecule is Cc1noc(C)c1CC(C)NC(=O)NCC(=O)NCC(C)C. The van der Waals surface area contributed by atoms with Crippen LogP contribution in [0.5, 0.6) is 0 Å². The second-order valence-electron chi connectivity index (χ2n) is 5.93. The Labute approximate surface area is 131 Å². The zero-order valence-electron chi connectivity index (χ0n) is 13.9. The summed E-state index contributed by atoms with van der Waals surface area (Å²) in [7, 11) is 0. The van der Waals surface area contributed by atoms with E-state index in [1.165, 1.54) is 0 Å². The Kier molecular flexibility index (Phi) is 6.88. The van der Waals surface area contributed by atoms with Gasteiger partial charge in [0, 0.05) is 18.2 Å². The van der Waals surface area contributed by atoms with Crippen molar-refractivity contribution in [3.63, 3.8) is 0 Å². The lowest BCUT2D eigenvalue weighted by molar-refractivity contribution is -0.120. The van der Waals surface area contributed by atoms with Gasteiger partial charge in [-0.25, -0.2) is 4.79 Å². The van der Waals surface area contributed by atoms with Gasteiger partial charge in [0.25, 0.3) is 0 Å². The highest BCUT2D eigenvalue weighted by molar-refractivity contribution is 5.83. The average Bonchev–Trinajstić information content (AvgIpc) is 2.74. The van der Waals surface area contributed by atoms with Crippen molar-refractivity contribution < 1.29 is 14.1 Å². The van der Waals surface area contributed by atoms with Crippen LogP contribution >= 0.6 is 0 Å². The molecule has 0 bridgehead atoms. The van der Waals surface area contributed by atoms with Crippen molar-refractivity contribution in [1.82, 2.24) is 21.1 Å². The second kappa shape index (κ2) is 8.41. The average molecular weight is 310 g/mol. The Morgan fingerprint density at radius 2 is 1.86 bits per heavy atom. The lowest BCUT2D eigenvalue weighted by Crippen LogP contribution is -2.45. The molecule has 7 heteroatoms. The topological polar surface area (TPSA) is 96.3 Å². The minimum Gasteiger partial charge on any atom is -0.361 e. The molecule has 0 radical (unpaired) electrons. The molecule has 1 aromatic rings. The Balaban J connectivity index is 2.31. The van der Waals surface area contributed by atoms with Gasteiger partial charge in [0.05, 0.1) is 12.2 Å². The van der Waals surface area contributed by atoms with Gasteiger partial charge in [-0.1, -0.05) is 19.0 Å². The van der Waals surface area contributed by atoms with Crippen LogP contribution < -0.4 is 16.0 Å². The van der Waals surface area contributed by atoms with Crippen molar-refractivity contribution in [3.8, 4) is 0 Å². The summed E-state index contributed by atoms with van der Waals surface area (Å²) in [5.41, 5.74) is 1.84. The zero-order valence-corrected chi connectivity index (χ0v) is 13.9. The summed E-state index contributed by atoms with van der Waals surface area (Å²) in [5.74, 6) is 0.953. The van der Waals surface area contributed by atoms with Gasteiger partial charge >= 0.3 is 6.03 Å². The minimum absolute atomic E-state index is 0.0312. The maximum atomic E-state index is 11.8. The highest BCUT2D eigenvalue weighted by atomic mass is 16.5. The molecular formula is C15H26N4O3. The van der Waals surface area contributed by atoms with E-state index in [1.807, 2.05) is 34.6 Å². The van der Waals surface area contributed by atoms with E-state index in [0.29, 0.717) is 18.9 Å². The fourth-order valence-corrected chi connectivity index (χ4v) is 1.97. The fourth-order valence-electron chi connectivity index (χ4n) is 1.97. The van der Waals surface area contributed by atoms with E-state index in [-0.39, 0.29) is 24.5 Å². The van der Waals surface area contributed by atoms with E-state index in [4.69, 9.17) is 4.52 Å². The number of aryl methyl sites for hydroxylation is 2. The number of carbonyl (C=O) groups excluding carboxylic acids is 2. The van der Waals surface area contributed by atoms with Gasteiger partial charge < -0.3 is 20.5 Å². The summed E-state index contributed by atoms with van der Waals surface area (Å²) >= 11 is 0. The van der Waals surface area contributed by atoms with Crippen molar-refractivity contribution in [2.75, 3.05) is 13.1 Å². The van der Waals surface area contributed by atoms with Crippen LogP contribution in [-0.4, -0.2) is 36.2 Å². The molecule has 3 N–H and O–H groups in total. The van der Waals surface area contributed by atoms with Gasteiger partial charge in [-0.05, 0) is 33.1 Å². The first-order chi connectivity index (χ1) is 10.3. The molecule has 0 aliphatic rings. The molecule has 124 valence electrons. The molecule has 0 saturated carbocycles. The van der Waals surface area contributed by atoms with E-state index in [0.717, 1.165) is 17.0 Å². The van der Waals surface area contributed by atoms with Gasteiger partial charge in [-0.3, -0.25) is 4.79 Å². The third-order valence-corrected chi connectivity index (χ3v) is 3.19. The zero-order chi connectivity index (χ0) is 16.7.